The Labute approximate surface area is 148 Å². The van der Waals surface area contributed by atoms with Crippen LogP contribution in [0.15, 0.2) is 48.5 Å². The van der Waals surface area contributed by atoms with Gasteiger partial charge in [-0.2, -0.15) is 0 Å². The van der Waals surface area contributed by atoms with Gasteiger partial charge in [0.2, 0.25) is 5.91 Å². The monoisotopic (exact) mass is 336 g/mol. The smallest absolute Gasteiger partial charge is 0.253 e. The summed E-state index contributed by atoms with van der Waals surface area (Å²) in [6, 6.07) is 15.4. The van der Waals surface area contributed by atoms with Crippen molar-refractivity contribution in [1.29, 1.82) is 0 Å². The predicted octanol–water partition coefficient (Wildman–Crippen LogP) is 3.79. The van der Waals surface area contributed by atoms with Crippen LogP contribution in [0, 0.1) is 19.8 Å². The minimum absolute atomic E-state index is 0.0406. The number of para-hydroxylation sites is 1. The lowest BCUT2D eigenvalue weighted by Crippen LogP contribution is -2.41. The molecule has 1 heterocycles. The third-order valence-corrected chi connectivity index (χ3v) is 4.82. The summed E-state index contributed by atoms with van der Waals surface area (Å²) in [5.74, 6) is 0.0691. The summed E-state index contributed by atoms with van der Waals surface area (Å²) in [5.41, 5.74) is 3.73. The highest BCUT2D eigenvalue weighted by atomic mass is 16.2. The Bertz CT molecular complexity index is 777. The Kier molecular flexibility index (Phi) is 5.17. The number of aryl methyl sites for hydroxylation is 2. The van der Waals surface area contributed by atoms with Crippen LogP contribution in [0.25, 0.3) is 0 Å². The Morgan fingerprint density at radius 2 is 1.72 bits per heavy atom. The SMILES string of the molecule is Cc1cccc(C(=O)N2CCC(C(=O)Nc3ccccc3C)CC2)c1. The molecule has 2 aromatic carbocycles. The van der Waals surface area contributed by atoms with Crippen LogP contribution in [-0.2, 0) is 4.79 Å². The number of piperidine rings is 1. The maximum atomic E-state index is 12.6. The third-order valence-electron chi connectivity index (χ3n) is 4.82. The maximum absolute atomic E-state index is 12.6. The molecule has 1 aliphatic rings. The fourth-order valence-electron chi connectivity index (χ4n) is 3.25. The van der Waals surface area contributed by atoms with Gasteiger partial charge in [-0.25, -0.2) is 0 Å². The van der Waals surface area contributed by atoms with Crippen LogP contribution in [0.4, 0.5) is 5.69 Å². The number of rotatable bonds is 3. The van der Waals surface area contributed by atoms with E-state index >= 15 is 0 Å². The lowest BCUT2D eigenvalue weighted by Gasteiger charge is -2.31. The molecule has 1 saturated heterocycles. The van der Waals surface area contributed by atoms with Crippen molar-refractivity contribution in [3.05, 3.63) is 65.2 Å². The van der Waals surface area contributed by atoms with Crippen LogP contribution in [-0.4, -0.2) is 29.8 Å². The molecule has 0 radical (unpaired) electrons. The summed E-state index contributed by atoms with van der Waals surface area (Å²) in [5, 5.41) is 3.02. The molecule has 0 aromatic heterocycles. The molecular weight excluding hydrogens is 312 g/mol. The zero-order valence-corrected chi connectivity index (χ0v) is 14.8. The third kappa shape index (κ3) is 4.08. The van der Waals surface area contributed by atoms with Crippen molar-refractivity contribution < 1.29 is 9.59 Å². The second-order valence-electron chi connectivity index (χ2n) is 6.74. The summed E-state index contributed by atoms with van der Waals surface area (Å²) in [6.07, 6.45) is 1.41. The molecule has 0 saturated carbocycles. The van der Waals surface area contributed by atoms with E-state index in [4.69, 9.17) is 0 Å². The van der Waals surface area contributed by atoms with Crippen LogP contribution in [0.5, 0.6) is 0 Å². The molecule has 0 bridgehead atoms. The van der Waals surface area contributed by atoms with Crippen molar-refractivity contribution >= 4 is 17.5 Å². The fraction of sp³-hybridized carbons (Fsp3) is 0.333. The number of benzene rings is 2. The fourth-order valence-corrected chi connectivity index (χ4v) is 3.25. The number of hydrogen-bond donors (Lipinski definition) is 1. The van der Waals surface area contributed by atoms with Gasteiger partial charge in [0.15, 0.2) is 0 Å². The van der Waals surface area contributed by atoms with Gasteiger partial charge in [-0.3, -0.25) is 9.59 Å². The highest BCUT2D eigenvalue weighted by molar-refractivity contribution is 5.95. The largest absolute Gasteiger partial charge is 0.339 e. The van der Waals surface area contributed by atoms with Crippen LogP contribution in [0.1, 0.15) is 34.3 Å². The zero-order valence-electron chi connectivity index (χ0n) is 14.8. The molecule has 4 heteroatoms. The number of carbonyl (C=O) groups excluding carboxylic acids is 2. The van der Waals surface area contributed by atoms with Gasteiger partial charge in [0.05, 0.1) is 0 Å². The molecule has 25 heavy (non-hydrogen) atoms. The summed E-state index contributed by atoms with van der Waals surface area (Å²) >= 11 is 0. The van der Waals surface area contributed by atoms with Crippen LogP contribution in [0.2, 0.25) is 0 Å². The number of likely N-dealkylation sites (tertiary alicyclic amines) is 1. The van der Waals surface area contributed by atoms with Gasteiger partial charge in [0.1, 0.15) is 0 Å². The highest BCUT2D eigenvalue weighted by Gasteiger charge is 2.28. The first-order valence-electron chi connectivity index (χ1n) is 8.77. The first-order valence-corrected chi connectivity index (χ1v) is 8.77. The van der Waals surface area contributed by atoms with E-state index in [0.717, 1.165) is 22.4 Å². The first kappa shape index (κ1) is 17.2. The van der Waals surface area contributed by atoms with E-state index in [0.29, 0.717) is 25.9 Å². The van der Waals surface area contributed by atoms with E-state index in [1.165, 1.54) is 0 Å². The second-order valence-corrected chi connectivity index (χ2v) is 6.74. The molecule has 0 atom stereocenters. The molecule has 1 fully saturated rings. The van der Waals surface area contributed by atoms with E-state index in [9.17, 15) is 9.59 Å². The Balaban J connectivity index is 1.57. The Morgan fingerprint density at radius 3 is 2.40 bits per heavy atom. The maximum Gasteiger partial charge on any atom is 0.253 e. The van der Waals surface area contributed by atoms with Crippen LogP contribution < -0.4 is 5.32 Å². The van der Waals surface area contributed by atoms with E-state index in [1.54, 1.807) is 0 Å². The molecule has 1 N–H and O–H groups in total. The Hall–Kier alpha value is -2.62. The van der Waals surface area contributed by atoms with Crippen molar-refractivity contribution in [2.24, 2.45) is 5.92 Å². The molecule has 130 valence electrons. The Morgan fingerprint density at radius 1 is 1.00 bits per heavy atom. The second kappa shape index (κ2) is 7.51. The molecular formula is C21H24N2O2. The van der Waals surface area contributed by atoms with Crippen molar-refractivity contribution in [2.75, 3.05) is 18.4 Å². The predicted molar refractivity (Wildman–Crippen MR) is 99.6 cm³/mol. The zero-order chi connectivity index (χ0) is 17.8. The molecule has 4 nitrogen and oxygen atoms in total. The number of nitrogens with zero attached hydrogens (tertiary/aromatic N) is 1. The number of carbonyl (C=O) groups is 2. The van der Waals surface area contributed by atoms with Gasteiger partial charge >= 0.3 is 0 Å². The van der Waals surface area contributed by atoms with Gasteiger partial charge in [-0.1, -0.05) is 35.9 Å². The number of amides is 2. The topological polar surface area (TPSA) is 49.4 Å². The van der Waals surface area contributed by atoms with E-state index in [2.05, 4.69) is 5.32 Å². The van der Waals surface area contributed by atoms with Gasteiger partial charge in [0.25, 0.3) is 5.91 Å². The van der Waals surface area contributed by atoms with Gasteiger partial charge < -0.3 is 10.2 Å². The van der Waals surface area contributed by atoms with Gasteiger partial charge in [0, 0.05) is 30.3 Å². The van der Waals surface area contributed by atoms with Gasteiger partial charge in [-0.15, -0.1) is 0 Å². The average Bonchev–Trinajstić information content (AvgIpc) is 2.63. The first-order chi connectivity index (χ1) is 12.0. The van der Waals surface area contributed by atoms with Gasteiger partial charge in [-0.05, 0) is 50.5 Å². The molecule has 0 unspecified atom stereocenters. The van der Waals surface area contributed by atoms with Crippen LogP contribution >= 0.6 is 0 Å². The van der Waals surface area contributed by atoms with Crippen molar-refractivity contribution in [1.82, 2.24) is 4.90 Å². The van der Waals surface area contributed by atoms with Crippen molar-refractivity contribution in [3.63, 3.8) is 0 Å². The minimum atomic E-state index is -0.0406. The quantitative estimate of drug-likeness (QED) is 0.927. The average molecular weight is 336 g/mol. The molecule has 3 rings (SSSR count). The standard InChI is InChI=1S/C21H24N2O2/c1-15-6-5-8-18(14-15)21(25)23-12-10-17(11-13-23)20(24)22-19-9-4-3-7-16(19)2/h3-9,14,17H,10-13H2,1-2H3,(H,22,24). The van der Waals surface area contributed by atoms with E-state index in [1.807, 2.05) is 67.3 Å². The normalized spacial score (nSPS) is 15.0. The molecule has 2 aromatic rings. The summed E-state index contributed by atoms with van der Waals surface area (Å²) in [7, 11) is 0. The van der Waals surface area contributed by atoms with E-state index in [-0.39, 0.29) is 17.7 Å². The highest BCUT2D eigenvalue weighted by Crippen LogP contribution is 2.22. The molecule has 2 amide bonds. The lowest BCUT2D eigenvalue weighted by molar-refractivity contribution is -0.121. The van der Waals surface area contributed by atoms with Crippen LogP contribution in [0.3, 0.4) is 0 Å². The number of hydrogen-bond acceptors (Lipinski definition) is 2. The van der Waals surface area contributed by atoms with Crippen molar-refractivity contribution in [2.45, 2.75) is 26.7 Å². The summed E-state index contributed by atoms with van der Waals surface area (Å²) in [6.45, 7) is 5.22. The summed E-state index contributed by atoms with van der Waals surface area (Å²) in [4.78, 5) is 26.9. The summed E-state index contributed by atoms with van der Waals surface area (Å²) < 4.78 is 0. The lowest BCUT2D eigenvalue weighted by atomic mass is 9.95. The molecule has 1 aliphatic heterocycles. The number of anilines is 1. The molecule has 0 aliphatic carbocycles. The number of nitrogens with one attached hydrogen (secondary N) is 1. The van der Waals surface area contributed by atoms with Crippen molar-refractivity contribution in [3.8, 4) is 0 Å². The molecule has 0 spiro atoms. The van der Waals surface area contributed by atoms with E-state index < -0.39 is 0 Å². The minimum Gasteiger partial charge on any atom is -0.339 e.